The SMILES string of the molecule is CC#CC1CN(S(=O)(=O)c2ccc(NC(=O)OC(C)(C)C)nn2)CCN1. The van der Waals surface area contributed by atoms with Crippen molar-refractivity contribution in [1.82, 2.24) is 19.8 Å². The number of amides is 1. The lowest BCUT2D eigenvalue weighted by atomic mass is 10.2. The number of hydrogen-bond acceptors (Lipinski definition) is 7. The number of sulfonamides is 1. The van der Waals surface area contributed by atoms with E-state index in [2.05, 4.69) is 32.7 Å². The summed E-state index contributed by atoms with van der Waals surface area (Å²) in [6.07, 6.45) is -0.689. The minimum atomic E-state index is -3.78. The van der Waals surface area contributed by atoms with Crippen molar-refractivity contribution in [3.05, 3.63) is 12.1 Å². The molecule has 1 aromatic rings. The predicted octanol–water partition coefficient (Wildman–Crippen LogP) is 0.809. The number of anilines is 1. The van der Waals surface area contributed by atoms with Crippen LogP contribution >= 0.6 is 0 Å². The lowest BCUT2D eigenvalue weighted by Crippen LogP contribution is -2.52. The largest absolute Gasteiger partial charge is 0.444 e. The van der Waals surface area contributed by atoms with Crippen LogP contribution in [0.15, 0.2) is 17.2 Å². The molecular formula is C16H23N5O4S. The van der Waals surface area contributed by atoms with E-state index < -0.39 is 21.7 Å². The zero-order chi connectivity index (χ0) is 19.4. The molecule has 0 bridgehead atoms. The van der Waals surface area contributed by atoms with Gasteiger partial charge in [0, 0.05) is 19.6 Å². The van der Waals surface area contributed by atoms with Crippen molar-refractivity contribution in [1.29, 1.82) is 0 Å². The highest BCUT2D eigenvalue weighted by atomic mass is 32.2. The Morgan fingerprint density at radius 1 is 1.38 bits per heavy atom. The summed E-state index contributed by atoms with van der Waals surface area (Å²) in [6.45, 7) is 7.97. The van der Waals surface area contributed by atoms with Crippen LogP contribution in [0, 0.1) is 11.8 Å². The van der Waals surface area contributed by atoms with Gasteiger partial charge in [-0.15, -0.1) is 16.1 Å². The van der Waals surface area contributed by atoms with Gasteiger partial charge in [-0.2, -0.15) is 4.31 Å². The highest BCUT2D eigenvalue weighted by Gasteiger charge is 2.30. The third kappa shape index (κ3) is 5.39. The van der Waals surface area contributed by atoms with E-state index in [0.29, 0.717) is 13.1 Å². The first kappa shape index (κ1) is 20.1. The molecule has 0 spiro atoms. The zero-order valence-electron chi connectivity index (χ0n) is 15.2. The second kappa shape index (κ2) is 7.99. The summed E-state index contributed by atoms with van der Waals surface area (Å²) >= 11 is 0. The molecule has 1 unspecified atom stereocenters. The van der Waals surface area contributed by atoms with E-state index in [0.717, 1.165) is 0 Å². The van der Waals surface area contributed by atoms with Crippen LogP contribution < -0.4 is 10.6 Å². The molecule has 1 aromatic heterocycles. The second-order valence-electron chi connectivity index (χ2n) is 6.65. The first-order valence-electron chi connectivity index (χ1n) is 8.11. The molecule has 1 amide bonds. The minimum Gasteiger partial charge on any atom is -0.444 e. The number of carbonyl (C=O) groups excluding carboxylic acids is 1. The van der Waals surface area contributed by atoms with Crippen LogP contribution in [0.3, 0.4) is 0 Å². The summed E-state index contributed by atoms with van der Waals surface area (Å²) in [5.74, 6) is 5.80. The number of carbonyl (C=O) groups is 1. The molecule has 0 saturated carbocycles. The standard InChI is InChI=1S/C16H23N5O4S/c1-5-6-12-11-21(10-9-17-12)26(23,24)14-8-7-13(19-20-14)18-15(22)25-16(2,3)4/h7-8,12,17H,9-11H2,1-4H3,(H,18,19,22). The summed E-state index contributed by atoms with van der Waals surface area (Å²) in [6, 6.07) is 2.46. The highest BCUT2D eigenvalue weighted by molar-refractivity contribution is 7.89. The average molecular weight is 381 g/mol. The van der Waals surface area contributed by atoms with Crippen molar-refractivity contribution in [2.45, 2.75) is 44.4 Å². The maximum absolute atomic E-state index is 12.7. The Hall–Kier alpha value is -2.22. The van der Waals surface area contributed by atoms with Crippen molar-refractivity contribution >= 4 is 21.9 Å². The van der Waals surface area contributed by atoms with Gasteiger partial charge in [-0.1, -0.05) is 5.92 Å². The third-order valence-electron chi connectivity index (χ3n) is 3.33. The molecule has 9 nitrogen and oxygen atoms in total. The Morgan fingerprint density at radius 3 is 2.69 bits per heavy atom. The smallest absolute Gasteiger partial charge is 0.413 e. The summed E-state index contributed by atoms with van der Waals surface area (Å²) in [4.78, 5) is 11.7. The van der Waals surface area contributed by atoms with Gasteiger partial charge in [-0.25, -0.2) is 13.2 Å². The molecule has 26 heavy (non-hydrogen) atoms. The molecule has 2 heterocycles. The molecule has 142 valence electrons. The monoisotopic (exact) mass is 381 g/mol. The van der Waals surface area contributed by atoms with Gasteiger partial charge in [0.1, 0.15) is 5.60 Å². The maximum Gasteiger partial charge on any atom is 0.413 e. The number of rotatable bonds is 3. The van der Waals surface area contributed by atoms with Crippen LogP contribution in [0.25, 0.3) is 0 Å². The lowest BCUT2D eigenvalue weighted by molar-refractivity contribution is 0.0635. The molecule has 10 heteroatoms. The van der Waals surface area contributed by atoms with Crippen LogP contribution in [-0.2, 0) is 14.8 Å². The fourth-order valence-corrected chi connectivity index (χ4v) is 3.60. The topological polar surface area (TPSA) is 114 Å². The van der Waals surface area contributed by atoms with Crippen molar-refractivity contribution in [2.75, 3.05) is 25.0 Å². The normalized spacial score (nSPS) is 18.5. The van der Waals surface area contributed by atoms with E-state index in [1.165, 1.54) is 16.4 Å². The second-order valence-corrected chi connectivity index (χ2v) is 8.53. The number of hydrogen-bond donors (Lipinski definition) is 2. The average Bonchev–Trinajstić information content (AvgIpc) is 2.54. The summed E-state index contributed by atoms with van der Waals surface area (Å²) in [5, 5.41) is 12.9. The molecule has 1 saturated heterocycles. The number of ether oxygens (including phenoxy) is 1. The molecule has 1 fully saturated rings. The Bertz CT molecular complexity index is 806. The van der Waals surface area contributed by atoms with Gasteiger partial charge < -0.3 is 10.1 Å². The fraction of sp³-hybridized carbons (Fsp3) is 0.562. The van der Waals surface area contributed by atoms with Gasteiger partial charge in [0.05, 0.1) is 6.04 Å². The molecule has 1 aliphatic rings. The first-order valence-corrected chi connectivity index (χ1v) is 9.55. The highest BCUT2D eigenvalue weighted by Crippen LogP contribution is 2.16. The molecule has 2 N–H and O–H groups in total. The molecule has 0 aliphatic carbocycles. The minimum absolute atomic E-state index is 0.105. The number of aromatic nitrogens is 2. The zero-order valence-corrected chi connectivity index (χ0v) is 16.1. The molecule has 2 rings (SSSR count). The van der Waals surface area contributed by atoms with Crippen LogP contribution in [0.1, 0.15) is 27.7 Å². The third-order valence-corrected chi connectivity index (χ3v) is 5.09. The molecule has 1 atom stereocenters. The van der Waals surface area contributed by atoms with Gasteiger partial charge in [-0.3, -0.25) is 5.32 Å². The predicted molar refractivity (Wildman–Crippen MR) is 95.9 cm³/mol. The van der Waals surface area contributed by atoms with Crippen molar-refractivity contribution in [3.8, 4) is 11.8 Å². The van der Waals surface area contributed by atoms with Crippen LogP contribution in [0.2, 0.25) is 0 Å². The molecule has 0 radical (unpaired) electrons. The van der Waals surface area contributed by atoms with Gasteiger partial charge >= 0.3 is 6.09 Å². The van der Waals surface area contributed by atoms with E-state index in [1.54, 1.807) is 27.7 Å². The molecule has 1 aliphatic heterocycles. The Morgan fingerprint density at radius 2 is 2.12 bits per heavy atom. The van der Waals surface area contributed by atoms with E-state index in [9.17, 15) is 13.2 Å². The van der Waals surface area contributed by atoms with E-state index >= 15 is 0 Å². The van der Waals surface area contributed by atoms with E-state index in [4.69, 9.17) is 4.74 Å². The van der Waals surface area contributed by atoms with Crippen molar-refractivity contribution in [3.63, 3.8) is 0 Å². The Balaban J connectivity index is 2.08. The quantitative estimate of drug-likeness (QED) is 0.745. The Labute approximate surface area is 153 Å². The van der Waals surface area contributed by atoms with E-state index in [-0.39, 0.29) is 23.4 Å². The number of nitrogens with one attached hydrogen (secondary N) is 2. The molecular weight excluding hydrogens is 358 g/mol. The van der Waals surface area contributed by atoms with Gasteiger partial charge in [0.25, 0.3) is 10.0 Å². The first-order chi connectivity index (χ1) is 12.1. The number of nitrogens with zero attached hydrogens (tertiary/aromatic N) is 3. The van der Waals surface area contributed by atoms with Crippen LogP contribution in [-0.4, -0.2) is 60.3 Å². The maximum atomic E-state index is 12.7. The Kier molecular flexibility index (Phi) is 6.17. The van der Waals surface area contributed by atoms with Crippen molar-refractivity contribution < 1.29 is 17.9 Å². The van der Waals surface area contributed by atoms with Gasteiger partial charge in [0.15, 0.2) is 10.8 Å². The number of piperazine rings is 1. The van der Waals surface area contributed by atoms with Crippen LogP contribution in [0.5, 0.6) is 0 Å². The van der Waals surface area contributed by atoms with Gasteiger partial charge in [0.2, 0.25) is 0 Å². The summed E-state index contributed by atoms with van der Waals surface area (Å²) in [7, 11) is -3.78. The van der Waals surface area contributed by atoms with Gasteiger partial charge in [-0.05, 0) is 39.8 Å². The van der Waals surface area contributed by atoms with E-state index in [1.807, 2.05) is 0 Å². The van der Waals surface area contributed by atoms with Crippen molar-refractivity contribution in [2.24, 2.45) is 0 Å². The lowest BCUT2D eigenvalue weighted by Gasteiger charge is -2.29. The fourth-order valence-electron chi connectivity index (χ4n) is 2.28. The summed E-state index contributed by atoms with van der Waals surface area (Å²) < 4.78 is 31.8. The molecule has 0 aromatic carbocycles. The summed E-state index contributed by atoms with van der Waals surface area (Å²) in [5.41, 5.74) is -0.652. The van der Waals surface area contributed by atoms with Crippen LogP contribution in [0.4, 0.5) is 10.6 Å².